The highest BCUT2D eigenvalue weighted by molar-refractivity contribution is 6.26. The molecule has 7 nitrogen and oxygen atoms in total. The summed E-state index contributed by atoms with van der Waals surface area (Å²) in [6, 6.07) is 10.9. The highest BCUT2D eigenvalue weighted by atomic mass is 16.2. The molecular weight excluding hydrogens is 330 g/mol. The Labute approximate surface area is 150 Å². The average molecular weight is 349 g/mol. The topological polar surface area (TPSA) is 80.1 Å². The standard InChI is InChI=1S/C19H19N5O2/c1-13(18(25)20-9-4-11-23-12-10-21-22-23)24-16-8-3-6-14-5-2-7-15(17(14)16)19(24)26/h2-3,5-8,10,12-13H,4,9,11H2,1H3,(H,20,25). The Morgan fingerprint density at radius 2 is 2.04 bits per heavy atom. The number of benzene rings is 2. The van der Waals surface area contributed by atoms with Crippen molar-refractivity contribution >= 4 is 28.3 Å². The van der Waals surface area contributed by atoms with Gasteiger partial charge in [-0.3, -0.25) is 19.2 Å². The molecule has 0 spiro atoms. The summed E-state index contributed by atoms with van der Waals surface area (Å²) in [5.41, 5.74) is 1.46. The Balaban J connectivity index is 1.45. The molecule has 0 fully saturated rings. The molecule has 0 radical (unpaired) electrons. The Hall–Kier alpha value is -3.22. The minimum absolute atomic E-state index is 0.123. The van der Waals surface area contributed by atoms with Crippen molar-refractivity contribution in [1.29, 1.82) is 0 Å². The third-order valence-corrected chi connectivity index (χ3v) is 4.69. The van der Waals surface area contributed by atoms with Gasteiger partial charge in [-0.05, 0) is 30.9 Å². The summed E-state index contributed by atoms with van der Waals surface area (Å²) in [6.07, 6.45) is 4.15. The number of rotatable bonds is 6. The fourth-order valence-electron chi connectivity index (χ4n) is 3.39. The van der Waals surface area contributed by atoms with E-state index in [-0.39, 0.29) is 11.8 Å². The van der Waals surface area contributed by atoms with Crippen LogP contribution in [0, 0.1) is 0 Å². The number of hydrogen-bond acceptors (Lipinski definition) is 4. The fourth-order valence-corrected chi connectivity index (χ4v) is 3.39. The van der Waals surface area contributed by atoms with E-state index in [1.165, 1.54) is 0 Å². The summed E-state index contributed by atoms with van der Waals surface area (Å²) in [4.78, 5) is 27.0. The first kappa shape index (κ1) is 16.3. The molecule has 0 aliphatic carbocycles. The van der Waals surface area contributed by atoms with Crippen molar-refractivity contribution < 1.29 is 9.59 Å². The maximum atomic E-state index is 12.8. The van der Waals surface area contributed by atoms with Crippen molar-refractivity contribution in [1.82, 2.24) is 20.3 Å². The van der Waals surface area contributed by atoms with Gasteiger partial charge < -0.3 is 5.32 Å². The van der Waals surface area contributed by atoms with Gasteiger partial charge in [-0.25, -0.2) is 0 Å². The van der Waals surface area contributed by atoms with Crippen molar-refractivity contribution in [3.63, 3.8) is 0 Å². The number of aryl methyl sites for hydroxylation is 1. The molecule has 132 valence electrons. The van der Waals surface area contributed by atoms with Crippen LogP contribution >= 0.6 is 0 Å². The molecule has 0 bridgehead atoms. The number of nitrogens with zero attached hydrogens (tertiary/aromatic N) is 4. The number of amides is 2. The fraction of sp³-hybridized carbons (Fsp3) is 0.263. The second-order valence-corrected chi connectivity index (χ2v) is 6.34. The maximum absolute atomic E-state index is 12.8. The SMILES string of the molecule is CC(C(=O)NCCCn1ccnn1)N1C(=O)c2cccc3cccc1c23. The van der Waals surface area contributed by atoms with Gasteiger partial charge in [0.2, 0.25) is 5.91 Å². The molecule has 2 amide bonds. The molecular formula is C19H19N5O2. The first-order valence-electron chi connectivity index (χ1n) is 8.64. The smallest absolute Gasteiger partial charge is 0.259 e. The Morgan fingerprint density at radius 3 is 2.81 bits per heavy atom. The highest BCUT2D eigenvalue weighted by Crippen LogP contribution is 2.38. The molecule has 1 unspecified atom stereocenters. The predicted octanol–water partition coefficient (Wildman–Crippen LogP) is 1.99. The van der Waals surface area contributed by atoms with Crippen LogP contribution in [0.25, 0.3) is 10.8 Å². The van der Waals surface area contributed by atoms with Crippen LogP contribution in [0.5, 0.6) is 0 Å². The minimum atomic E-state index is -0.577. The quantitative estimate of drug-likeness (QED) is 0.690. The number of hydrogen-bond donors (Lipinski definition) is 1. The third-order valence-electron chi connectivity index (χ3n) is 4.69. The molecule has 4 rings (SSSR count). The summed E-state index contributed by atoms with van der Waals surface area (Å²) in [6.45, 7) is 2.96. The minimum Gasteiger partial charge on any atom is -0.354 e. The van der Waals surface area contributed by atoms with Crippen molar-refractivity contribution in [3.8, 4) is 0 Å². The average Bonchev–Trinajstić information content (AvgIpc) is 3.27. The first-order chi connectivity index (χ1) is 12.7. The van der Waals surface area contributed by atoms with Crippen LogP contribution in [0.3, 0.4) is 0 Å². The van der Waals surface area contributed by atoms with Crippen LogP contribution in [0.2, 0.25) is 0 Å². The maximum Gasteiger partial charge on any atom is 0.259 e. The van der Waals surface area contributed by atoms with Crippen LogP contribution in [-0.4, -0.2) is 39.4 Å². The summed E-state index contributed by atoms with van der Waals surface area (Å²) in [5, 5.41) is 12.5. The molecule has 3 aromatic rings. The predicted molar refractivity (Wildman–Crippen MR) is 97.9 cm³/mol. The summed E-state index contributed by atoms with van der Waals surface area (Å²) >= 11 is 0. The van der Waals surface area contributed by atoms with Crippen LogP contribution in [-0.2, 0) is 11.3 Å². The largest absolute Gasteiger partial charge is 0.354 e. The monoisotopic (exact) mass is 349 g/mol. The molecule has 26 heavy (non-hydrogen) atoms. The van der Waals surface area contributed by atoms with Gasteiger partial charge in [0, 0.05) is 30.2 Å². The Morgan fingerprint density at radius 1 is 1.23 bits per heavy atom. The van der Waals surface area contributed by atoms with Gasteiger partial charge in [-0.1, -0.05) is 29.5 Å². The van der Waals surface area contributed by atoms with Gasteiger partial charge >= 0.3 is 0 Å². The van der Waals surface area contributed by atoms with Crippen molar-refractivity contribution in [3.05, 3.63) is 54.4 Å². The van der Waals surface area contributed by atoms with Gasteiger partial charge in [0.15, 0.2) is 0 Å². The van der Waals surface area contributed by atoms with E-state index in [9.17, 15) is 9.59 Å². The van der Waals surface area contributed by atoms with E-state index in [1.54, 1.807) is 28.9 Å². The molecule has 1 N–H and O–H groups in total. The first-order valence-corrected chi connectivity index (χ1v) is 8.64. The van der Waals surface area contributed by atoms with Crippen LogP contribution in [0.15, 0.2) is 48.8 Å². The number of nitrogens with one attached hydrogen (secondary N) is 1. The van der Waals surface area contributed by atoms with Gasteiger partial charge in [0.1, 0.15) is 6.04 Å². The molecule has 1 atom stereocenters. The van der Waals surface area contributed by atoms with E-state index in [0.29, 0.717) is 18.7 Å². The molecule has 2 aromatic carbocycles. The van der Waals surface area contributed by atoms with Crippen molar-refractivity contribution in [2.75, 3.05) is 11.4 Å². The lowest BCUT2D eigenvalue weighted by Gasteiger charge is -2.24. The second kappa shape index (κ2) is 6.59. The van der Waals surface area contributed by atoms with Gasteiger partial charge in [0.25, 0.3) is 5.91 Å². The summed E-state index contributed by atoms with van der Waals surface area (Å²) in [7, 11) is 0. The number of aromatic nitrogens is 3. The van der Waals surface area contributed by atoms with Gasteiger partial charge in [-0.2, -0.15) is 0 Å². The molecule has 7 heteroatoms. The lowest BCUT2D eigenvalue weighted by Crippen LogP contribution is -2.47. The molecule has 0 saturated heterocycles. The van der Waals surface area contributed by atoms with Crippen molar-refractivity contribution in [2.45, 2.75) is 25.9 Å². The lowest BCUT2D eigenvalue weighted by molar-refractivity contribution is -0.121. The van der Waals surface area contributed by atoms with E-state index in [4.69, 9.17) is 0 Å². The lowest BCUT2D eigenvalue weighted by atomic mass is 10.1. The van der Waals surface area contributed by atoms with E-state index in [0.717, 1.165) is 22.9 Å². The van der Waals surface area contributed by atoms with E-state index in [2.05, 4.69) is 15.6 Å². The van der Waals surface area contributed by atoms with Crippen molar-refractivity contribution in [2.24, 2.45) is 0 Å². The van der Waals surface area contributed by atoms with Crippen LogP contribution in [0.4, 0.5) is 5.69 Å². The molecule has 1 aliphatic rings. The highest BCUT2D eigenvalue weighted by Gasteiger charge is 2.35. The number of carbonyl (C=O) groups is 2. The van der Waals surface area contributed by atoms with Crippen LogP contribution < -0.4 is 10.2 Å². The molecule has 1 aromatic heterocycles. The van der Waals surface area contributed by atoms with Gasteiger partial charge in [-0.15, -0.1) is 5.10 Å². The zero-order chi connectivity index (χ0) is 18.1. The molecule has 0 saturated carbocycles. The second-order valence-electron chi connectivity index (χ2n) is 6.34. The number of anilines is 1. The van der Waals surface area contributed by atoms with Crippen LogP contribution in [0.1, 0.15) is 23.7 Å². The zero-order valence-corrected chi connectivity index (χ0v) is 14.4. The normalized spacial score (nSPS) is 14.0. The van der Waals surface area contributed by atoms with E-state index >= 15 is 0 Å². The van der Waals surface area contributed by atoms with E-state index < -0.39 is 6.04 Å². The summed E-state index contributed by atoms with van der Waals surface area (Å²) < 4.78 is 1.72. The molecule has 1 aliphatic heterocycles. The van der Waals surface area contributed by atoms with E-state index in [1.807, 2.05) is 36.4 Å². The number of carbonyl (C=O) groups excluding carboxylic acids is 2. The third kappa shape index (κ3) is 2.71. The van der Waals surface area contributed by atoms with Gasteiger partial charge in [0.05, 0.1) is 11.9 Å². The Kier molecular flexibility index (Phi) is 4.12. The molecule has 2 heterocycles. The zero-order valence-electron chi connectivity index (χ0n) is 14.4. The summed E-state index contributed by atoms with van der Waals surface area (Å²) in [5.74, 6) is -0.288. The Bertz CT molecular complexity index is 962.